The Morgan fingerprint density at radius 1 is 1.13 bits per heavy atom. The number of benzene rings is 1. The average Bonchev–Trinajstić information content (AvgIpc) is 3.05. The van der Waals surface area contributed by atoms with Crippen LogP contribution < -0.4 is 0 Å². The van der Waals surface area contributed by atoms with Crippen molar-refractivity contribution in [1.82, 2.24) is 13.5 Å². The normalized spacial score (nSPS) is 28.3. The van der Waals surface area contributed by atoms with Crippen molar-refractivity contribution in [3.8, 4) is 0 Å². The van der Waals surface area contributed by atoms with Gasteiger partial charge in [-0.15, -0.1) is 0 Å². The second kappa shape index (κ2) is 5.89. The number of rotatable bonds is 3. The van der Waals surface area contributed by atoms with Crippen LogP contribution in [0.15, 0.2) is 30.3 Å². The molecule has 0 aromatic heterocycles. The quantitative estimate of drug-likeness (QED) is 0.825. The molecule has 0 unspecified atom stereocenters. The summed E-state index contributed by atoms with van der Waals surface area (Å²) >= 11 is 0. The van der Waals surface area contributed by atoms with E-state index in [-0.39, 0.29) is 23.8 Å². The molecule has 126 valence electrons. The largest absolute Gasteiger partial charge is 0.335 e. The molecule has 2 saturated heterocycles. The van der Waals surface area contributed by atoms with E-state index in [9.17, 15) is 13.2 Å². The van der Waals surface area contributed by atoms with Crippen molar-refractivity contribution in [2.45, 2.75) is 13.0 Å². The molecule has 3 rings (SSSR count). The van der Waals surface area contributed by atoms with Gasteiger partial charge in [0.05, 0.1) is 6.04 Å². The van der Waals surface area contributed by atoms with Crippen LogP contribution in [0.1, 0.15) is 18.5 Å². The van der Waals surface area contributed by atoms with E-state index in [1.54, 1.807) is 25.3 Å². The maximum absolute atomic E-state index is 12.4. The van der Waals surface area contributed by atoms with Crippen LogP contribution in [0.2, 0.25) is 0 Å². The van der Waals surface area contributed by atoms with Gasteiger partial charge in [-0.05, 0) is 11.5 Å². The second-order valence-electron chi connectivity index (χ2n) is 6.56. The molecule has 0 N–H and O–H groups in total. The Labute approximate surface area is 137 Å². The van der Waals surface area contributed by atoms with Gasteiger partial charge >= 0.3 is 0 Å². The molecule has 1 aromatic carbocycles. The van der Waals surface area contributed by atoms with Gasteiger partial charge in [0.2, 0.25) is 5.91 Å². The van der Waals surface area contributed by atoms with Crippen LogP contribution in [0.4, 0.5) is 0 Å². The van der Waals surface area contributed by atoms with Crippen molar-refractivity contribution in [2.75, 3.05) is 33.7 Å². The topological polar surface area (TPSA) is 60.9 Å². The van der Waals surface area contributed by atoms with Gasteiger partial charge in [0.25, 0.3) is 10.2 Å². The number of fused-ring (bicyclic) bond motifs is 1. The molecule has 2 heterocycles. The van der Waals surface area contributed by atoms with Crippen molar-refractivity contribution in [3.63, 3.8) is 0 Å². The monoisotopic (exact) mass is 337 g/mol. The summed E-state index contributed by atoms with van der Waals surface area (Å²) in [4.78, 5) is 13.9. The summed E-state index contributed by atoms with van der Waals surface area (Å²) in [6, 6.07) is 9.87. The minimum absolute atomic E-state index is 0.0407. The number of carbonyl (C=O) groups is 1. The maximum Gasteiger partial charge on any atom is 0.281 e. The molecule has 23 heavy (non-hydrogen) atoms. The SMILES string of the molecule is CC(=O)N1C[C@H]2CN(S(=O)(=O)N(C)C)C[C@H]2[C@@H]1c1ccccc1. The third kappa shape index (κ3) is 2.77. The third-order valence-electron chi connectivity index (χ3n) is 4.96. The van der Waals surface area contributed by atoms with Gasteiger partial charge in [0.1, 0.15) is 0 Å². The van der Waals surface area contributed by atoms with E-state index in [0.29, 0.717) is 19.6 Å². The lowest BCUT2D eigenvalue weighted by Crippen LogP contribution is -2.41. The first-order valence-corrected chi connectivity index (χ1v) is 9.22. The molecule has 0 aliphatic carbocycles. The first-order chi connectivity index (χ1) is 10.8. The fraction of sp³-hybridized carbons (Fsp3) is 0.562. The van der Waals surface area contributed by atoms with Crippen LogP contribution in [-0.2, 0) is 15.0 Å². The van der Waals surface area contributed by atoms with Gasteiger partial charge in [-0.2, -0.15) is 17.0 Å². The van der Waals surface area contributed by atoms with E-state index in [1.165, 1.54) is 4.31 Å². The number of nitrogens with zero attached hydrogens (tertiary/aromatic N) is 3. The van der Waals surface area contributed by atoms with E-state index in [4.69, 9.17) is 0 Å². The third-order valence-corrected chi connectivity index (χ3v) is 6.84. The molecule has 3 atom stereocenters. The minimum atomic E-state index is -3.40. The van der Waals surface area contributed by atoms with Crippen LogP contribution in [-0.4, -0.2) is 61.6 Å². The summed E-state index contributed by atoms with van der Waals surface area (Å²) in [6.45, 7) is 3.16. The minimum Gasteiger partial charge on any atom is -0.335 e. The van der Waals surface area contributed by atoms with Crippen molar-refractivity contribution >= 4 is 16.1 Å². The molecule has 0 saturated carbocycles. The summed E-state index contributed by atoms with van der Waals surface area (Å²) in [6.07, 6.45) is 0. The molecule has 0 bridgehead atoms. The Morgan fingerprint density at radius 2 is 1.78 bits per heavy atom. The summed E-state index contributed by atoms with van der Waals surface area (Å²) < 4.78 is 27.6. The summed E-state index contributed by atoms with van der Waals surface area (Å²) in [7, 11) is -0.288. The number of hydrogen-bond acceptors (Lipinski definition) is 3. The van der Waals surface area contributed by atoms with Crippen molar-refractivity contribution in [3.05, 3.63) is 35.9 Å². The fourth-order valence-electron chi connectivity index (χ4n) is 3.82. The Bertz CT molecular complexity index is 690. The van der Waals surface area contributed by atoms with Gasteiger partial charge in [0, 0.05) is 46.6 Å². The lowest BCUT2D eigenvalue weighted by Gasteiger charge is -2.29. The smallest absolute Gasteiger partial charge is 0.281 e. The van der Waals surface area contributed by atoms with Crippen molar-refractivity contribution in [1.29, 1.82) is 0 Å². The average molecular weight is 337 g/mol. The number of hydrogen-bond donors (Lipinski definition) is 0. The van der Waals surface area contributed by atoms with Gasteiger partial charge in [0.15, 0.2) is 0 Å². The molecule has 0 spiro atoms. The molecule has 2 fully saturated rings. The first kappa shape index (κ1) is 16.4. The number of amides is 1. The highest BCUT2D eigenvalue weighted by Crippen LogP contribution is 2.45. The van der Waals surface area contributed by atoms with E-state index in [2.05, 4.69) is 0 Å². The zero-order valence-electron chi connectivity index (χ0n) is 13.7. The van der Waals surface area contributed by atoms with E-state index >= 15 is 0 Å². The molecule has 7 heteroatoms. The van der Waals surface area contributed by atoms with Gasteiger partial charge in [-0.3, -0.25) is 4.79 Å². The van der Waals surface area contributed by atoms with Crippen molar-refractivity contribution < 1.29 is 13.2 Å². The number of likely N-dealkylation sites (tertiary alicyclic amines) is 1. The summed E-state index contributed by atoms with van der Waals surface area (Å²) in [5.74, 6) is 0.394. The Balaban J connectivity index is 1.91. The number of carbonyl (C=O) groups excluding carboxylic acids is 1. The predicted octanol–water partition coefficient (Wildman–Crippen LogP) is 0.944. The highest BCUT2D eigenvalue weighted by Gasteiger charge is 2.51. The zero-order chi connectivity index (χ0) is 16.8. The van der Waals surface area contributed by atoms with E-state index in [1.807, 2.05) is 35.2 Å². The molecule has 1 aromatic rings. The van der Waals surface area contributed by atoms with E-state index < -0.39 is 10.2 Å². The van der Waals surface area contributed by atoms with Crippen LogP contribution in [0.25, 0.3) is 0 Å². The Kier molecular flexibility index (Phi) is 4.20. The lowest BCUT2D eigenvalue weighted by atomic mass is 9.89. The van der Waals surface area contributed by atoms with Crippen LogP contribution in [0.5, 0.6) is 0 Å². The molecular formula is C16H23N3O3S. The van der Waals surface area contributed by atoms with E-state index in [0.717, 1.165) is 5.56 Å². The molecular weight excluding hydrogens is 314 g/mol. The molecule has 2 aliphatic rings. The van der Waals surface area contributed by atoms with Crippen LogP contribution in [0, 0.1) is 11.8 Å². The molecule has 2 aliphatic heterocycles. The molecule has 1 amide bonds. The first-order valence-electron chi connectivity index (χ1n) is 7.82. The fourth-order valence-corrected chi connectivity index (χ4v) is 5.03. The van der Waals surface area contributed by atoms with Gasteiger partial charge in [-0.1, -0.05) is 30.3 Å². The standard InChI is InChI=1S/C16H23N3O3S/c1-12(20)19-10-14-9-18(23(21,22)17(2)3)11-15(14)16(19)13-7-5-4-6-8-13/h4-8,14-16H,9-11H2,1-3H3/t14-,15-,16+/m1/s1. The van der Waals surface area contributed by atoms with Crippen molar-refractivity contribution in [2.24, 2.45) is 11.8 Å². The molecule has 6 nitrogen and oxygen atoms in total. The van der Waals surface area contributed by atoms with Gasteiger partial charge < -0.3 is 4.90 Å². The second-order valence-corrected chi connectivity index (χ2v) is 8.70. The highest BCUT2D eigenvalue weighted by molar-refractivity contribution is 7.86. The maximum atomic E-state index is 12.4. The Morgan fingerprint density at radius 3 is 2.35 bits per heavy atom. The predicted molar refractivity (Wildman–Crippen MR) is 87.7 cm³/mol. The highest BCUT2D eigenvalue weighted by atomic mass is 32.2. The Hall–Kier alpha value is -1.44. The lowest BCUT2D eigenvalue weighted by molar-refractivity contribution is -0.130. The van der Waals surface area contributed by atoms with Crippen LogP contribution >= 0.6 is 0 Å². The van der Waals surface area contributed by atoms with Gasteiger partial charge in [-0.25, -0.2) is 0 Å². The molecule has 0 radical (unpaired) electrons. The summed E-state index contributed by atoms with van der Waals surface area (Å²) in [5.41, 5.74) is 1.08. The van der Waals surface area contributed by atoms with Crippen LogP contribution in [0.3, 0.4) is 0 Å². The zero-order valence-corrected chi connectivity index (χ0v) is 14.5. The summed E-state index contributed by atoms with van der Waals surface area (Å²) in [5, 5.41) is 0.